The molecule has 0 atom stereocenters. The van der Waals surface area contributed by atoms with Crippen LogP contribution in [0.4, 0.5) is 4.79 Å². The van der Waals surface area contributed by atoms with Gasteiger partial charge in [-0.2, -0.15) is 0 Å². The SMILES string of the molecule is CCCN1C(=O)N/C(=C/c2cc(C)n(-c3ccc(OCC)cc3)c2C)C1=O. The van der Waals surface area contributed by atoms with Crippen molar-refractivity contribution in [2.75, 3.05) is 13.2 Å². The van der Waals surface area contributed by atoms with Crippen molar-refractivity contribution in [1.29, 1.82) is 0 Å². The van der Waals surface area contributed by atoms with Crippen molar-refractivity contribution in [1.82, 2.24) is 14.8 Å². The van der Waals surface area contributed by atoms with Gasteiger partial charge in [0.05, 0.1) is 6.61 Å². The molecule has 0 spiro atoms. The lowest BCUT2D eigenvalue weighted by Gasteiger charge is -2.11. The maximum Gasteiger partial charge on any atom is 0.329 e. The second-order valence-electron chi connectivity index (χ2n) is 6.53. The van der Waals surface area contributed by atoms with Crippen LogP contribution in [-0.4, -0.2) is 34.6 Å². The molecule has 0 bridgehead atoms. The third kappa shape index (κ3) is 3.60. The Morgan fingerprint density at radius 2 is 1.81 bits per heavy atom. The van der Waals surface area contributed by atoms with Crippen LogP contribution in [0.25, 0.3) is 11.8 Å². The molecule has 1 fully saturated rings. The van der Waals surface area contributed by atoms with Gasteiger partial charge in [0, 0.05) is 23.6 Å². The van der Waals surface area contributed by atoms with E-state index in [1.807, 2.05) is 58.0 Å². The molecule has 27 heavy (non-hydrogen) atoms. The fourth-order valence-corrected chi connectivity index (χ4v) is 3.34. The zero-order valence-electron chi connectivity index (χ0n) is 16.2. The third-order valence-corrected chi connectivity index (χ3v) is 4.59. The molecular weight excluding hydrogens is 342 g/mol. The summed E-state index contributed by atoms with van der Waals surface area (Å²) in [6.07, 6.45) is 2.49. The molecular formula is C21H25N3O3. The van der Waals surface area contributed by atoms with Crippen molar-refractivity contribution in [3.8, 4) is 11.4 Å². The summed E-state index contributed by atoms with van der Waals surface area (Å²) in [6, 6.07) is 9.56. The van der Waals surface area contributed by atoms with E-state index in [1.165, 1.54) is 4.90 Å². The highest BCUT2D eigenvalue weighted by Gasteiger charge is 2.32. The van der Waals surface area contributed by atoms with E-state index in [-0.39, 0.29) is 11.9 Å². The summed E-state index contributed by atoms with van der Waals surface area (Å²) >= 11 is 0. The predicted molar refractivity (Wildman–Crippen MR) is 105 cm³/mol. The van der Waals surface area contributed by atoms with E-state index in [0.29, 0.717) is 18.8 Å². The van der Waals surface area contributed by atoms with Gasteiger partial charge < -0.3 is 14.6 Å². The first-order chi connectivity index (χ1) is 13.0. The number of benzene rings is 1. The minimum Gasteiger partial charge on any atom is -0.494 e. The second kappa shape index (κ2) is 7.70. The Morgan fingerprint density at radius 3 is 2.44 bits per heavy atom. The van der Waals surface area contributed by atoms with Gasteiger partial charge in [-0.25, -0.2) is 4.79 Å². The van der Waals surface area contributed by atoms with Crippen LogP contribution in [0.3, 0.4) is 0 Å². The van der Waals surface area contributed by atoms with Crippen LogP contribution in [0.2, 0.25) is 0 Å². The molecule has 0 radical (unpaired) electrons. The number of carbonyl (C=O) groups excluding carboxylic acids is 2. The lowest BCUT2D eigenvalue weighted by molar-refractivity contribution is -0.122. The maximum absolute atomic E-state index is 12.4. The molecule has 6 heteroatoms. The molecule has 142 valence electrons. The van der Waals surface area contributed by atoms with Gasteiger partial charge in [-0.3, -0.25) is 9.69 Å². The van der Waals surface area contributed by atoms with Crippen molar-refractivity contribution in [2.24, 2.45) is 0 Å². The number of aromatic nitrogens is 1. The monoisotopic (exact) mass is 367 g/mol. The number of nitrogens with one attached hydrogen (secondary N) is 1. The first-order valence-corrected chi connectivity index (χ1v) is 9.23. The lowest BCUT2D eigenvalue weighted by Crippen LogP contribution is -2.31. The van der Waals surface area contributed by atoms with Gasteiger partial charge in [0.1, 0.15) is 11.4 Å². The lowest BCUT2D eigenvalue weighted by atomic mass is 10.2. The Morgan fingerprint density at radius 1 is 1.11 bits per heavy atom. The summed E-state index contributed by atoms with van der Waals surface area (Å²) in [5.41, 5.74) is 4.29. The van der Waals surface area contributed by atoms with E-state index < -0.39 is 0 Å². The largest absolute Gasteiger partial charge is 0.494 e. The minimum absolute atomic E-state index is 0.271. The molecule has 1 saturated heterocycles. The van der Waals surface area contributed by atoms with Crippen LogP contribution in [0.1, 0.15) is 37.2 Å². The molecule has 1 aromatic carbocycles. The summed E-state index contributed by atoms with van der Waals surface area (Å²) in [4.78, 5) is 25.7. The Bertz CT molecular complexity index is 894. The number of imide groups is 1. The molecule has 1 aromatic heterocycles. The van der Waals surface area contributed by atoms with E-state index in [0.717, 1.165) is 34.8 Å². The van der Waals surface area contributed by atoms with Crippen LogP contribution in [0.15, 0.2) is 36.0 Å². The summed E-state index contributed by atoms with van der Waals surface area (Å²) < 4.78 is 7.62. The van der Waals surface area contributed by atoms with Crippen LogP contribution < -0.4 is 10.1 Å². The van der Waals surface area contributed by atoms with Gasteiger partial charge in [-0.1, -0.05) is 6.92 Å². The van der Waals surface area contributed by atoms with Crippen molar-refractivity contribution in [3.63, 3.8) is 0 Å². The molecule has 3 amide bonds. The van der Waals surface area contributed by atoms with Gasteiger partial charge in [-0.05, 0) is 69.2 Å². The van der Waals surface area contributed by atoms with Crippen molar-refractivity contribution in [2.45, 2.75) is 34.1 Å². The Hall–Kier alpha value is -3.02. The molecule has 3 rings (SSSR count). The number of carbonyl (C=O) groups is 2. The zero-order chi connectivity index (χ0) is 19.6. The number of amides is 3. The summed E-state index contributed by atoms with van der Waals surface area (Å²) in [6.45, 7) is 8.97. The molecule has 1 N–H and O–H groups in total. The second-order valence-corrected chi connectivity index (χ2v) is 6.53. The average molecular weight is 367 g/mol. The Labute approximate surface area is 159 Å². The molecule has 1 aliphatic rings. The van der Waals surface area contributed by atoms with E-state index in [4.69, 9.17) is 4.74 Å². The summed E-state index contributed by atoms with van der Waals surface area (Å²) in [5.74, 6) is 0.564. The molecule has 0 saturated carbocycles. The number of urea groups is 1. The minimum atomic E-state index is -0.353. The highest BCUT2D eigenvalue weighted by molar-refractivity contribution is 6.14. The van der Waals surface area contributed by atoms with E-state index in [1.54, 1.807) is 6.08 Å². The van der Waals surface area contributed by atoms with Gasteiger partial charge in [0.25, 0.3) is 5.91 Å². The average Bonchev–Trinajstić information content (AvgIpc) is 3.07. The van der Waals surface area contributed by atoms with E-state index in [9.17, 15) is 9.59 Å². The number of nitrogens with zero attached hydrogens (tertiary/aromatic N) is 2. The van der Waals surface area contributed by atoms with Gasteiger partial charge in [0.15, 0.2) is 0 Å². The Balaban J connectivity index is 1.92. The number of aryl methyl sites for hydroxylation is 1. The van der Waals surface area contributed by atoms with Crippen molar-refractivity contribution in [3.05, 3.63) is 53.0 Å². The number of rotatable bonds is 6. The molecule has 0 unspecified atom stereocenters. The van der Waals surface area contributed by atoms with E-state index >= 15 is 0 Å². The number of ether oxygens (including phenoxy) is 1. The van der Waals surface area contributed by atoms with Gasteiger partial charge in [0.2, 0.25) is 0 Å². The number of hydrogen-bond donors (Lipinski definition) is 1. The van der Waals surface area contributed by atoms with Gasteiger partial charge in [-0.15, -0.1) is 0 Å². The third-order valence-electron chi connectivity index (χ3n) is 4.59. The van der Waals surface area contributed by atoms with E-state index in [2.05, 4.69) is 9.88 Å². The topological polar surface area (TPSA) is 63.6 Å². The molecule has 2 heterocycles. The van der Waals surface area contributed by atoms with Crippen LogP contribution in [0.5, 0.6) is 5.75 Å². The molecule has 0 aliphatic carbocycles. The fourth-order valence-electron chi connectivity index (χ4n) is 3.34. The van der Waals surface area contributed by atoms with Crippen molar-refractivity contribution >= 4 is 18.0 Å². The molecule has 1 aliphatic heterocycles. The van der Waals surface area contributed by atoms with Crippen LogP contribution >= 0.6 is 0 Å². The highest BCUT2D eigenvalue weighted by atomic mass is 16.5. The van der Waals surface area contributed by atoms with Gasteiger partial charge >= 0.3 is 6.03 Å². The standard InChI is InChI=1S/C21H25N3O3/c1-5-11-23-20(25)19(22-21(23)26)13-16-12-14(3)24(15(16)4)17-7-9-18(10-8-17)27-6-2/h7-10,12-13H,5-6,11H2,1-4H3,(H,22,26)/b19-13+. The first kappa shape index (κ1) is 18.8. The number of hydrogen-bond acceptors (Lipinski definition) is 3. The Kier molecular flexibility index (Phi) is 5.35. The maximum atomic E-state index is 12.4. The fraction of sp³-hybridized carbons (Fsp3) is 0.333. The molecule has 6 nitrogen and oxygen atoms in total. The van der Waals surface area contributed by atoms with Crippen LogP contribution in [0, 0.1) is 13.8 Å². The first-order valence-electron chi connectivity index (χ1n) is 9.23. The summed E-state index contributed by atoms with van der Waals surface area (Å²) in [5, 5.41) is 2.68. The zero-order valence-corrected chi connectivity index (χ0v) is 16.2. The van der Waals surface area contributed by atoms with Crippen LogP contribution in [-0.2, 0) is 4.79 Å². The highest BCUT2D eigenvalue weighted by Crippen LogP contribution is 2.25. The smallest absolute Gasteiger partial charge is 0.329 e. The van der Waals surface area contributed by atoms with Crippen molar-refractivity contribution < 1.29 is 14.3 Å². The normalized spacial score (nSPS) is 15.6. The molecule has 2 aromatic rings. The quantitative estimate of drug-likeness (QED) is 0.624. The summed E-state index contributed by atoms with van der Waals surface area (Å²) in [7, 11) is 0. The predicted octanol–water partition coefficient (Wildman–Crippen LogP) is 3.80.